The van der Waals surface area contributed by atoms with Crippen molar-refractivity contribution in [3.8, 4) is 11.6 Å². The average molecular weight is 339 g/mol. The first kappa shape index (κ1) is 17.2. The molecule has 0 aliphatic carbocycles. The molecule has 2 heterocycles. The zero-order valence-electron chi connectivity index (χ0n) is 15.1. The van der Waals surface area contributed by atoms with Crippen molar-refractivity contribution >= 4 is 0 Å². The van der Waals surface area contributed by atoms with Crippen LogP contribution in [0.15, 0.2) is 42.6 Å². The molecule has 132 valence electrons. The topological polar surface area (TPSA) is 57.8 Å². The highest BCUT2D eigenvalue weighted by molar-refractivity contribution is 5.22. The number of aromatic nitrogens is 5. The molecule has 3 aromatic rings. The Kier molecular flexibility index (Phi) is 5.48. The highest BCUT2D eigenvalue weighted by atomic mass is 16.5. The highest BCUT2D eigenvalue weighted by Gasteiger charge is 2.14. The summed E-state index contributed by atoms with van der Waals surface area (Å²) in [5, 5.41) is 8.94. The second-order valence-corrected chi connectivity index (χ2v) is 6.53. The number of ether oxygens (including phenoxy) is 1. The van der Waals surface area contributed by atoms with Crippen LogP contribution in [0.2, 0.25) is 0 Å². The predicted molar refractivity (Wildman–Crippen MR) is 96.9 cm³/mol. The molecule has 0 atom stereocenters. The number of aryl methyl sites for hydroxylation is 2. The Morgan fingerprint density at radius 2 is 1.92 bits per heavy atom. The van der Waals surface area contributed by atoms with E-state index in [2.05, 4.69) is 18.9 Å². The quantitative estimate of drug-likeness (QED) is 0.591. The smallest absolute Gasteiger partial charge is 0.153 e. The summed E-state index contributed by atoms with van der Waals surface area (Å²) in [4.78, 5) is 4.75. The Bertz CT molecular complexity index is 791. The zero-order chi connectivity index (χ0) is 17.6. The van der Waals surface area contributed by atoms with E-state index in [1.165, 1.54) is 0 Å². The molecule has 0 aliphatic heterocycles. The summed E-state index contributed by atoms with van der Waals surface area (Å²) in [5.74, 6) is 4.19. The Balaban J connectivity index is 1.68. The molecular formula is C19H25N5O. The van der Waals surface area contributed by atoms with Crippen molar-refractivity contribution in [2.24, 2.45) is 13.0 Å². The normalized spacial score (nSPS) is 11.2. The predicted octanol–water partition coefficient (Wildman–Crippen LogP) is 3.21. The van der Waals surface area contributed by atoms with Gasteiger partial charge in [-0.2, -0.15) is 9.78 Å². The summed E-state index contributed by atoms with van der Waals surface area (Å²) in [7, 11) is 1.92. The number of hydrogen-bond donors (Lipinski definition) is 0. The second-order valence-electron chi connectivity index (χ2n) is 6.53. The van der Waals surface area contributed by atoms with Crippen LogP contribution in [-0.4, -0.2) is 31.2 Å². The van der Waals surface area contributed by atoms with Gasteiger partial charge in [-0.25, -0.2) is 4.98 Å². The molecule has 0 unspecified atom stereocenters. The number of rotatable bonds is 8. The summed E-state index contributed by atoms with van der Waals surface area (Å²) in [6.45, 7) is 5.01. The third-order valence-corrected chi connectivity index (χ3v) is 3.88. The van der Waals surface area contributed by atoms with Crippen LogP contribution in [0.5, 0.6) is 5.75 Å². The molecule has 0 aliphatic rings. The van der Waals surface area contributed by atoms with Crippen molar-refractivity contribution < 1.29 is 4.74 Å². The van der Waals surface area contributed by atoms with Gasteiger partial charge in [0.25, 0.3) is 0 Å². The minimum absolute atomic E-state index is 0.525. The van der Waals surface area contributed by atoms with Crippen LogP contribution >= 0.6 is 0 Å². The van der Waals surface area contributed by atoms with Crippen LogP contribution < -0.4 is 4.74 Å². The Morgan fingerprint density at radius 1 is 1.12 bits per heavy atom. The molecule has 25 heavy (non-hydrogen) atoms. The van der Waals surface area contributed by atoms with Crippen LogP contribution in [0, 0.1) is 5.92 Å². The van der Waals surface area contributed by atoms with Gasteiger partial charge < -0.3 is 4.74 Å². The minimum atomic E-state index is 0.525. The maximum Gasteiger partial charge on any atom is 0.153 e. The van der Waals surface area contributed by atoms with Crippen molar-refractivity contribution in [2.45, 2.75) is 33.1 Å². The molecule has 2 aromatic heterocycles. The largest absolute Gasteiger partial charge is 0.494 e. The van der Waals surface area contributed by atoms with E-state index in [1.807, 2.05) is 52.8 Å². The Morgan fingerprint density at radius 3 is 2.60 bits per heavy atom. The summed E-state index contributed by atoms with van der Waals surface area (Å²) in [5.41, 5.74) is 0. The average Bonchev–Trinajstić information content (AvgIpc) is 3.18. The minimum Gasteiger partial charge on any atom is -0.494 e. The lowest BCUT2D eigenvalue weighted by molar-refractivity contribution is 0.309. The Labute approximate surface area is 148 Å². The molecule has 0 amide bonds. The van der Waals surface area contributed by atoms with Gasteiger partial charge in [0.05, 0.1) is 12.8 Å². The van der Waals surface area contributed by atoms with E-state index in [9.17, 15) is 0 Å². The molecule has 0 N–H and O–H groups in total. The van der Waals surface area contributed by atoms with Crippen molar-refractivity contribution in [3.05, 3.63) is 54.2 Å². The van der Waals surface area contributed by atoms with E-state index >= 15 is 0 Å². The monoisotopic (exact) mass is 339 g/mol. The zero-order valence-corrected chi connectivity index (χ0v) is 15.1. The van der Waals surface area contributed by atoms with E-state index in [0.29, 0.717) is 12.5 Å². The first-order chi connectivity index (χ1) is 12.1. The van der Waals surface area contributed by atoms with Gasteiger partial charge in [0, 0.05) is 26.0 Å². The molecule has 0 saturated carbocycles. The molecule has 0 spiro atoms. The van der Waals surface area contributed by atoms with E-state index < -0.39 is 0 Å². The lowest BCUT2D eigenvalue weighted by atomic mass is 10.1. The molecule has 0 saturated heterocycles. The van der Waals surface area contributed by atoms with E-state index in [-0.39, 0.29) is 0 Å². The summed E-state index contributed by atoms with van der Waals surface area (Å²) in [6.07, 6.45) is 4.34. The van der Waals surface area contributed by atoms with Crippen molar-refractivity contribution in [3.63, 3.8) is 0 Å². The second kappa shape index (κ2) is 7.96. The molecule has 6 nitrogen and oxygen atoms in total. The van der Waals surface area contributed by atoms with E-state index in [0.717, 1.165) is 42.5 Å². The fourth-order valence-electron chi connectivity index (χ4n) is 2.70. The highest BCUT2D eigenvalue weighted by Crippen LogP contribution is 2.14. The van der Waals surface area contributed by atoms with Crippen LogP contribution in [0.25, 0.3) is 5.82 Å². The van der Waals surface area contributed by atoms with Gasteiger partial charge in [-0.15, -0.1) is 5.10 Å². The van der Waals surface area contributed by atoms with Crippen LogP contribution in [0.3, 0.4) is 0 Å². The fourth-order valence-corrected chi connectivity index (χ4v) is 2.70. The molecule has 1 aromatic carbocycles. The van der Waals surface area contributed by atoms with Crippen molar-refractivity contribution in [1.29, 1.82) is 0 Å². The number of nitrogens with zero attached hydrogens (tertiary/aromatic N) is 5. The van der Waals surface area contributed by atoms with Gasteiger partial charge >= 0.3 is 0 Å². The van der Waals surface area contributed by atoms with Crippen LogP contribution in [0.1, 0.15) is 31.9 Å². The third-order valence-electron chi connectivity index (χ3n) is 3.88. The van der Waals surface area contributed by atoms with Crippen LogP contribution in [-0.2, 0) is 19.9 Å². The summed E-state index contributed by atoms with van der Waals surface area (Å²) >= 11 is 0. The Hall–Kier alpha value is -2.63. The summed E-state index contributed by atoms with van der Waals surface area (Å²) < 4.78 is 9.51. The molecule has 0 bridgehead atoms. The van der Waals surface area contributed by atoms with Gasteiger partial charge in [-0.3, -0.25) is 4.68 Å². The fraction of sp³-hybridized carbons (Fsp3) is 0.421. The van der Waals surface area contributed by atoms with Gasteiger partial charge in [0.2, 0.25) is 0 Å². The maximum atomic E-state index is 5.78. The van der Waals surface area contributed by atoms with Gasteiger partial charge in [-0.1, -0.05) is 32.0 Å². The molecular weight excluding hydrogens is 314 g/mol. The third kappa shape index (κ3) is 4.47. The van der Waals surface area contributed by atoms with Gasteiger partial charge in [0.15, 0.2) is 11.6 Å². The maximum absolute atomic E-state index is 5.78. The SMILES string of the molecule is CC(C)Cc1nc(CCCOc2ccccc2)n(-c2ccnn2C)n1. The standard InChI is InChI=1S/C19H25N5O/c1-15(2)14-17-21-18(24(22-17)19-11-12-20-23(19)3)10-7-13-25-16-8-5-4-6-9-16/h4-6,8-9,11-12,15H,7,10,13-14H2,1-3H3. The molecule has 6 heteroatoms. The number of benzene rings is 1. The lowest BCUT2D eigenvalue weighted by Gasteiger charge is -2.07. The lowest BCUT2D eigenvalue weighted by Crippen LogP contribution is -2.10. The van der Waals surface area contributed by atoms with Crippen LogP contribution in [0.4, 0.5) is 0 Å². The van der Waals surface area contributed by atoms with Gasteiger partial charge in [-0.05, 0) is 24.5 Å². The molecule has 3 rings (SSSR count). The van der Waals surface area contributed by atoms with Gasteiger partial charge in [0.1, 0.15) is 11.6 Å². The van der Waals surface area contributed by atoms with E-state index in [4.69, 9.17) is 14.8 Å². The van der Waals surface area contributed by atoms with Crippen molar-refractivity contribution in [1.82, 2.24) is 24.5 Å². The van der Waals surface area contributed by atoms with E-state index in [1.54, 1.807) is 6.20 Å². The summed E-state index contributed by atoms with van der Waals surface area (Å²) in [6, 6.07) is 11.8. The molecule has 0 fully saturated rings. The van der Waals surface area contributed by atoms with Crippen molar-refractivity contribution in [2.75, 3.05) is 6.61 Å². The first-order valence-electron chi connectivity index (χ1n) is 8.74. The number of para-hydroxylation sites is 1. The molecule has 0 radical (unpaired) electrons. The first-order valence-corrected chi connectivity index (χ1v) is 8.74. The number of hydrogen-bond acceptors (Lipinski definition) is 4.